The summed E-state index contributed by atoms with van der Waals surface area (Å²) in [6.45, 7) is 4.01. The molecule has 0 radical (unpaired) electrons. The molecule has 2 aliphatic heterocycles. The number of hydrogen-bond acceptors (Lipinski definition) is 4. The third kappa shape index (κ3) is 4.45. The maximum absolute atomic E-state index is 13.1. The Bertz CT molecular complexity index is 856. The first-order valence-corrected chi connectivity index (χ1v) is 10.8. The third-order valence-corrected chi connectivity index (χ3v) is 6.47. The van der Waals surface area contributed by atoms with Crippen LogP contribution in [0.4, 0.5) is 0 Å². The monoisotopic (exact) mass is 397 g/mol. The zero-order valence-corrected chi connectivity index (χ0v) is 17.2. The first-order valence-electron chi connectivity index (χ1n) is 10.8. The van der Waals surface area contributed by atoms with Gasteiger partial charge in [0.05, 0.1) is 17.6 Å². The van der Waals surface area contributed by atoms with Crippen LogP contribution in [-0.4, -0.2) is 71.6 Å². The van der Waals surface area contributed by atoms with Crippen molar-refractivity contribution in [1.82, 2.24) is 25.3 Å². The summed E-state index contributed by atoms with van der Waals surface area (Å²) < 4.78 is 0. The second-order valence-electron chi connectivity index (χ2n) is 8.42. The van der Waals surface area contributed by atoms with Crippen molar-refractivity contribution in [2.75, 3.05) is 39.8 Å². The smallest absolute Gasteiger partial charge is 0.253 e. The van der Waals surface area contributed by atoms with Crippen LogP contribution >= 0.6 is 0 Å². The van der Waals surface area contributed by atoms with Crippen molar-refractivity contribution < 1.29 is 9.59 Å². The molecule has 2 N–H and O–H groups in total. The summed E-state index contributed by atoms with van der Waals surface area (Å²) in [4.78, 5) is 30.0. The van der Waals surface area contributed by atoms with Crippen LogP contribution in [0, 0.1) is 11.8 Å². The molecule has 7 nitrogen and oxygen atoms in total. The molecule has 0 spiro atoms. The van der Waals surface area contributed by atoms with Crippen molar-refractivity contribution in [3.05, 3.63) is 30.0 Å². The Morgan fingerprint density at radius 2 is 2.00 bits per heavy atom. The van der Waals surface area contributed by atoms with E-state index in [1.807, 2.05) is 35.0 Å². The molecule has 3 heterocycles. The van der Waals surface area contributed by atoms with Crippen molar-refractivity contribution in [1.29, 1.82) is 0 Å². The molecule has 0 saturated carbocycles. The van der Waals surface area contributed by atoms with Crippen LogP contribution in [0.2, 0.25) is 0 Å². The van der Waals surface area contributed by atoms with Crippen LogP contribution in [0.1, 0.15) is 42.5 Å². The van der Waals surface area contributed by atoms with Gasteiger partial charge in [-0.3, -0.25) is 14.7 Å². The molecule has 0 aliphatic carbocycles. The van der Waals surface area contributed by atoms with Gasteiger partial charge in [-0.25, -0.2) is 0 Å². The largest absolute Gasteiger partial charge is 0.342 e. The Labute approximate surface area is 171 Å². The van der Waals surface area contributed by atoms with Crippen LogP contribution in [-0.2, 0) is 4.79 Å². The summed E-state index contributed by atoms with van der Waals surface area (Å²) in [6.07, 6.45) is 6.86. The van der Waals surface area contributed by atoms with Gasteiger partial charge in [0.1, 0.15) is 0 Å². The van der Waals surface area contributed by atoms with E-state index in [2.05, 4.69) is 15.5 Å². The molecule has 2 aromatic rings. The molecule has 2 saturated heterocycles. The highest BCUT2D eigenvalue weighted by Crippen LogP contribution is 2.25. The Kier molecular flexibility index (Phi) is 6.13. The lowest BCUT2D eigenvalue weighted by molar-refractivity contribution is -0.138. The van der Waals surface area contributed by atoms with Crippen molar-refractivity contribution in [3.63, 3.8) is 0 Å². The summed E-state index contributed by atoms with van der Waals surface area (Å²) in [5, 5.41) is 11.1. The number of nitrogens with zero attached hydrogens (tertiary/aromatic N) is 3. The summed E-state index contributed by atoms with van der Waals surface area (Å²) in [7, 11) is 1.99. The molecule has 156 valence electrons. The number of piperidine rings is 2. The molecular formula is C22H31N5O2. The molecule has 4 rings (SSSR count). The summed E-state index contributed by atoms with van der Waals surface area (Å²) in [5.41, 5.74) is 1.59. The van der Waals surface area contributed by atoms with Crippen molar-refractivity contribution in [3.8, 4) is 0 Å². The van der Waals surface area contributed by atoms with Crippen molar-refractivity contribution in [2.45, 2.75) is 32.1 Å². The fourth-order valence-corrected chi connectivity index (χ4v) is 4.67. The molecule has 0 bridgehead atoms. The van der Waals surface area contributed by atoms with E-state index in [-0.39, 0.29) is 17.7 Å². The Morgan fingerprint density at radius 1 is 1.17 bits per heavy atom. The Balaban J connectivity index is 1.35. The van der Waals surface area contributed by atoms with Crippen molar-refractivity contribution >= 4 is 22.7 Å². The van der Waals surface area contributed by atoms with Crippen LogP contribution < -0.4 is 5.32 Å². The van der Waals surface area contributed by atoms with Gasteiger partial charge in [0.25, 0.3) is 5.91 Å². The highest BCUT2D eigenvalue weighted by Gasteiger charge is 2.33. The predicted molar refractivity (Wildman–Crippen MR) is 113 cm³/mol. The van der Waals surface area contributed by atoms with E-state index >= 15 is 0 Å². The number of likely N-dealkylation sites (tertiary alicyclic amines) is 2. The Hall–Kier alpha value is -2.41. The molecule has 1 aromatic heterocycles. The average Bonchev–Trinajstić information content (AvgIpc) is 3.25. The van der Waals surface area contributed by atoms with Gasteiger partial charge in [-0.2, -0.15) is 5.10 Å². The minimum absolute atomic E-state index is 0.0105. The van der Waals surface area contributed by atoms with Gasteiger partial charge < -0.3 is 15.1 Å². The number of fused-ring (bicyclic) bond motifs is 1. The van der Waals surface area contributed by atoms with Crippen molar-refractivity contribution in [2.24, 2.45) is 11.8 Å². The number of nitrogens with one attached hydrogen (secondary N) is 2. The molecule has 2 fully saturated rings. The van der Waals surface area contributed by atoms with Crippen LogP contribution in [0.25, 0.3) is 10.9 Å². The summed E-state index contributed by atoms with van der Waals surface area (Å²) in [6, 6.07) is 5.60. The van der Waals surface area contributed by atoms with E-state index in [0.29, 0.717) is 18.0 Å². The fourth-order valence-electron chi connectivity index (χ4n) is 4.67. The average molecular weight is 398 g/mol. The van der Waals surface area contributed by atoms with Gasteiger partial charge in [-0.05, 0) is 69.8 Å². The zero-order chi connectivity index (χ0) is 20.2. The molecular weight excluding hydrogens is 366 g/mol. The molecule has 1 aromatic carbocycles. The van der Waals surface area contributed by atoms with Gasteiger partial charge in [0.15, 0.2) is 0 Å². The van der Waals surface area contributed by atoms with E-state index in [1.165, 1.54) is 6.42 Å². The molecule has 7 heteroatoms. The van der Waals surface area contributed by atoms with Crippen LogP contribution in [0.15, 0.2) is 24.4 Å². The number of rotatable bonds is 5. The first kappa shape index (κ1) is 19.9. The number of aromatic amines is 1. The van der Waals surface area contributed by atoms with E-state index in [1.54, 1.807) is 6.20 Å². The molecule has 1 atom stereocenters. The van der Waals surface area contributed by atoms with Gasteiger partial charge in [0.2, 0.25) is 5.91 Å². The maximum Gasteiger partial charge on any atom is 0.253 e. The SMILES string of the molecule is CNCCC1CCN(C(=O)C2CCCN(C(=O)c3ccc4[nH]ncc4c3)C2)CC1. The summed E-state index contributed by atoms with van der Waals surface area (Å²) >= 11 is 0. The molecule has 1 unspecified atom stereocenters. The number of carbonyl (C=O) groups is 2. The van der Waals surface area contributed by atoms with Gasteiger partial charge in [-0.15, -0.1) is 0 Å². The van der Waals surface area contributed by atoms with E-state index < -0.39 is 0 Å². The lowest BCUT2D eigenvalue weighted by Crippen LogP contribution is -2.48. The van der Waals surface area contributed by atoms with E-state index in [4.69, 9.17) is 0 Å². The highest BCUT2D eigenvalue weighted by molar-refractivity contribution is 5.98. The Morgan fingerprint density at radius 3 is 2.79 bits per heavy atom. The number of benzene rings is 1. The number of hydrogen-bond donors (Lipinski definition) is 2. The van der Waals surface area contributed by atoms with Crippen LogP contribution in [0.5, 0.6) is 0 Å². The number of amides is 2. The van der Waals surface area contributed by atoms with Gasteiger partial charge >= 0.3 is 0 Å². The lowest BCUT2D eigenvalue weighted by atomic mass is 9.91. The first-order chi connectivity index (χ1) is 14.2. The van der Waals surface area contributed by atoms with Gasteiger partial charge in [0, 0.05) is 37.1 Å². The predicted octanol–water partition coefficient (Wildman–Crippen LogP) is 2.26. The molecule has 29 heavy (non-hydrogen) atoms. The normalized spacial score (nSPS) is 20.9. The minimum atomic E-state index is -0.0702. The molecule has 2 amide bonds. The maximum atomic E-state index is 13.1. The number of H-pyrrole nitrogens is 1. The quantitative estimate of drug-likeness (QED) is 0.811. The van der Waals surface area contributed by atoms with Gasteiger partial charge in [-0.1, -0.05) is 0 Å². The third-order valence-electron chi connectivity index (χ3n) is 6.47. The highest BCUT2D eigenvalue weighted by atomic mass is 16.2. The minimum Gasteiger partial charge on any atom is -0.342 e. The van der Waals surface area contributed by atoms with Crippen LogP contribution in [0.3, 0.4) is 0 Å². The molecule has 2 aliphatic rings. The lowest BCUT2D eigenvalue weighted by Gasteiger charge is -2.38. The topological polar surface area (TPSA) is 81.3 Å². The second kappa shape index (κ2) is 8.95. The second-order valence-corrected chi connectivity index (χ2v) is 8.42. The number of carbonyl (C=O) groups excluding carboxylic acids is 2. The fraction of sp³-hybridized carbons (Fsp3) is 0.591. The summed E-state index contributed by atoms with van der Waals surface area (Å²) in [5.74, 6) is 0.893. The van der Waals surface area contributed by atoms with E-state index in [0.717, 1.165) is 62.8 Å². The zero-order valence-electron chi connectivity index (χ0n) is 17.2. The van der Waals surface area contributed by atoms with E-state index in [9.17, 15) is 9.59 Å². The number of aromatic nitrogens is 2. The standard InChI is InChI=1S/C22H31N5O2/c1-23-9-6-16-7-11-26(12-8-16)22(29)18-3-2-10-27(15-18)21(28)17-4-5-20-19(13-17)14-24-25-20/h4-5,13-14,16,18,23H,2-3,6-12,15H2,1H3,(H,24,25).